The minimum Gasteiger partial charge on any atom is -0.394 e. The van der Waals surface area contributed by atoms with Crippen LogP contribution in [0.25, 0.3) is 0 Å². The fourth-order valence-corrected chi connectivity index (χ4v) is 3.38. The van der Waals surface area contributed by atoms with E-state index in [1.54, 1.807) is 30.3 Å². The van der Waals surface area contributed by atoms with Gasteiger partial charge in [0.2, 0.25) is 0 Å². The average molecular weight is 415 g/mol. The van der Waals surface area contributed by atoms with Gasteiger partial charge in [-0.1, -0.05) is 36.4 Å². The molecule has 3 rings (SSSR count). The Hall–Kier alpha value is -2.81. The Bertz CT molecular complexity index is 904. The van der Waals surface area contributed by atoms with Crippen molar-refractivity contribution in [2.45, 2.75) is 23.8 Å². The summed E-state index contributed by atoms with van der Waals surface area (Å²) in [5.74, 6) is -1.45. The predicted molar refractivity (Wildman–Crippen MR) is 93.2 cm³/mol. The molecule has 0 fully saturated rings. The van der Waals surface area contributed by atoms with Gasteiger partial charge in [-0.05, 0) is 29.8 Å². The van der Waals surface area contributed by atoms with Gasteiger partial charge in [-0.15, -0.1) is 0 Å². The number of halogens is 6. The molecule has 0 spiro atoms. The van der Waals surface area contributed by atoms with Crippen LogP contribution in [0.4, 0.5) is 32.0 Å². The van der Waals surface area contributed by atoms with Crippen LogP contribution in [0.1, 0.15) is 22.6 Å². The second-order valence-corrected chi connectivity index (χ2v) is 6.70. The molecule has 1 aliphatic rings. The van der Waals surface area contributed by atoms with Crippen LogP contribution < -0.4 is 5.32 Å². The number of aliphatic hydroxyl groups excluding tert-OH is 1. The zero-order valence-electron chi connectivity index (χ0n) is 14.7. The first kappa shape index (κ1) is 20.9. The maximum atomic E-state index is 13.1. The number of hydrogen-bond donors (Lipinski definition) is 2. The van der Waals surface area contributed by atoms with Crippen molar-refractivity contribution in [2.24, 2.45) is 0 Å². The van der Waals surface area contributed by atoms with E-state index in [4.69, 9.17) is 0 Å². The summed E-state index contributed by atoms with van der Waals surface area (Å²) >= 11 is 0. The fraction of sp³-hybridized carbons (Fsp3) is 0.250. The molecule has 0 radical (unpaired) electrons. The third kappa shape index (κ3) is 4.14. The highest BCUT2D eigenvalue weighted by molar-refractivity contribution is 6.01. The lowest BCUT2D eigenvalue weighted by Crippen LogP contribution is -2.45. The number of anilines is 1. The molecular formula is C20H15F6NO2. The van der Waals surface area contributed by atoms with Crippen molar-refractivity contribution in [3.05, 3.63) is 77.4 Å². The Balaban J connectivity index is 2.09. The predicted octanol–water partition coefficient (Wildman–Crippen LogP) is 4.79. The van der Waals surface area contributed by atoms with E-state index in [-0.39, 0.29) is 6.07 Å². The number of carbonyl (C=O) groups is 1. The molecule has 0 saturated heterocycles. The second-order valence-electron chi connectivity index (χ2n) is 6.70. The number of alkyl halides is 6. The van der Waals surface area contributed by atoms with E-state index >= 15 is 0 Å². The molecule has 3 nitrogen and oxygen atoms in total. The fourth-order valence-electron chi connectivity index (χ4n) is 3.38. The quantitative estimate of drug-likeness (QED) is 0.706. The first-order valence-electron chi connectivity index (χ1n) is 8.43. The number of ketones is 1. The average Bonchev–Trinajstić information content (AvgIpc) is 2.97. The topological polar surface area (TPSA) is 49.3 Å². The number of aliphatic hydroxyl groups is 1. The number of nitrogens with one attached hydrogen (secondary N) is 1. The summed E-state index contributed by atoms with van der Waals surface area (Å²) in [6.45, 7) is -0.730. The molecule has 9 heteroatoms. The zero-order valence-corrected chi connectivity index (χ0v) is 14.7. The van der Waals surface area contributed by atoms with E-state index < -0.39 is 53.0 Å². The number of allylic oxidation sites excluding steroid dienone is 1. The lowest BCUT2D eigenvalue weighted by molar-refractivity contribution is -0.143. The van der Waals surface area contributed by atoms with Gasteiger partial charge in [0.15, 0.2) is 5.78 Å². The molecule has 154 valence electrons. The van der Waals surface area contributed by atoms with Gasteiger partial charge in [-0.25, -0.2) is 0 Å². The van der Waals surface area contributed by atoms with Crippen molar-refractivity contribution in [1.29, 1.82) is 0 Å². The first-order chi connectivity index (χ1) is 13.5. The minimum absolute atomic E-state index is 0.0150. The van der Waals surface area contributed by atoms with Crippen molar-refractivity contribution in [2.75, 3.05) is 11.9 Å². The maximum absolute atomic E-state index is 13.1. The Morgan fingerprint density at radius 2 is 1.48 bits per heavy atom. The molecular weight excluding hydrogens is 400 g/mol. The highest BCUT2D eigenvalue weighted by atomic mass is 19.4. The summed E-state index contributed by atoms with van der Waals surface area (Å²) in [6.07, 6.45) is -7.60. The van der Waals surface area contributed by atoms with Crippen LogP contribution >= 0.6 is 0 Å². The van der Waals surface area contributed by atoms with Gasteiger partial charge >= 0.3 is 12.4 Å². The molecule has 0 aromatic heterocycles. The maximum Gasteiger partial charge on any atom is 0.416 e. The molecule has 1 unspecified atom stereocenters. The van der Waals surface area contributed by atoms with E-state index in [0.29, 0.717) is 17.7 Å². The van der Waals surface area contributed by atoms with Gasteiger partial charge < -0.3 is 10.4 Å². The van der Waals surface area contributed by atoms with Gasteiger partial charge in [0, 0.05) is 5.69 Å². The summed E-state index contributed by atoms with van der Waals surface area (Å²) < 4.78 is 78.7. The molecule has 0 bridgehead atoms. The molecule has 2 aromatic carbocycles. The van der Waals surface area contributed by atoms with Crippen LogP contribution in [-0.2, 0) is 17.1 Å². The van der Waals surface area contributed by atoms with E-state index in [1.807, 2.05) is 0 Å². The van der Waals surface area contributed by atoms with E-state index in [0.717, 1.165) is 6.08 Å². The Labute approximate surface area is 161 Å². The lowest BCUT2D eigenvalue weighted by Gasteiger charge is -2.34. The van der Waals surface area contributed by atoms with Gasteiger partial charge in [0.25, 0.3) is 0 Å². The van der Waals surface area contributed by atoms with Crippen LogP contribution in [0, 0.1) is 0 Å². The third-order valence-corrected chi connectivity index (χ3v) is 4.70. The highest BCUT2D eigenvalue weighted by Gasteiger charge is 2.46. The third-order valence-electron chi connectivity index (χ3n) is 4.70. The molecule has 0 amide bonds. The second kappa shape index (κ2) is 7.22. The summed E-state index contributed by atoms with van der Waals surface area (Å²) in [6, 6.07) is 9.19. The molecule has 0 aliphatic heterocycles. The molecule has 0 heterocycles. The lowest BCUT2D eigenvalue weighted by atomic mass is 9.81. The Morgan fingerprint density at radius 1 is 0.931 bits per heavy atom. The normalized spacial score (nSPS) is 22.2. The van der Waals surface area contributed by atoms with Gasteiger partial charge in [0.05, 0.1) is 29.2 Å². The van der Waals surface area contributed by atoms with Crippen LogP contribution in [0.5, 0.6) is 0 Å². The number of benzene rings is 2. The number of rotatable bonds is 4. The van der Waals surface area contributed by atoms with Crippen molar-refractivity contribution in [3.63, 3.8) is 0 Å². The van der Waals surface area contributed by atoms with Crippen molar-refractivity contribution in [1.82, 2.24) is 0 Å². The monoisotopic (exact) mass is 415 g/mol. The molecule has 0 saturated carbocycles. The molecule has 2 N–H and O–H groups in total. The van der Waals surface area contributed by atoms with Crippen molar-refractivity contribution >= 4 is 11.5 Å². The van der Waals surface area contributed by atoms with E-state index in [1.165, 1.54) is 6.08 Å². The van der Waals surface area contributed by atoms with E-state index in [9.17, 15) is 36.2 Å². The summed E-state index contributed by atoms with van der Waals surface area (Å²) in [4.78, 5) is 12.4. The standard InChI is InChI=1S/C20H15F6NO2/c21-19(22,23)13-8-14(20(24,25)26)10-15(9-13)27-18(11-28)7-6-16(29)17(18)12-4-2-1-3-5-12/h1-10,17,27-28H,11H2/t17?,18-/m1/s1. The van der Waals surface area contributed by atoms with Gasteiger partial charge in [0.1, 0.15) is 0 Å². The van der Waals surface area contributed by atoms with Crippen molar-refractivity contribution < 1.29 is 36.2 Å². The summed E-state index contributed by atoms with van der Waals surface area (Å²) in [7, 11) is 0. The first-order valence-corrected chi connectivity index (χ1v) is 8.43. The largest absolute Gasteiger partial charge is 0.416 e. The summed E-state index contributed by atoms with van der Waals surface area (Å²) in [5, 5.41) is 12.5. The number of carbonyl (C=O) groups excluding carboxylic acids is 1. The van der Waals surface area contributed by atoms with Crippen LogP contribution in [0.2, 0.25) is 0 Å². The molecule has 1 aliphatic carbocycles. The SMILES string of the molecule is O=C1C=C[C@](CO)(Nc2cc(C(F)(F)F)cc(C(F)(F)F)c2)C1c1ccccc1. The number of hydrogen-bond acceptors (Lipinski definition) is 3. The Kier molecular flexibility index (Phi) is 5.20. The van der Waals surface area contributed by atoms with Gasteiger partial charge in [-0.2, -0.15) is 26.3 Å². The Morgan fingerprint density at radius 3 is 1.97 bits per heavy atom. The smallest absolute Gasteiger partial charge is 0.394 e. The molecule has 2 atom stereocenters. The summed E-state index contributed by atoms with van der Waals surface area (Å²) in [5.41, 5.74) is -4.63. The van der Waals surface area contributed by atoms with Gasteiger partial charge in [-0.3, -0.25) is 4.79 Å². The van der Waals surface area contributed by atoms with Crippen LogP contribution in [-0.4, -0.2) is 23.0 Å². The molecule has 29 heavy (non-hydrogen) atoms. The van der Waals surface area contributed by atoms with E-state index in [2.05, 4.69) is 5.32 Å². The zero-order chi connectivity index (χ0) is 21.4. The highest BCUT2D eigenvalue weighted by Crippen LogP contribution is 2.41. The van der Waals surface area contributed by atoms with Crippen LogP contribution in [0.3, 0.4) is 0 Å². The minimum atomic E-state index is -5.01. The molecule has 2 aromatic rings. The van der Waals surface area contributed by atoms with Crippen molar-refractivity contribution in [3.8, 4) is 0 Å². The van der Waals surface area contributed by atoms with Crippen LogP contribution in [0.15, 0.2) is 60.7 Å².